The molecular formula is C14H21BrN2O2. The first-order valence-corrected chi connectivity index (χ1v) is 7.10. The molecule has 2 N–H and O–H groups in total. The minimum atomic E-state index is -0.0557. The van der Waals surface area contributed by atoms with E-state index in [4.69, 9.17) is 4.74 Å². The molecule has 1 amide bonds. The van der Waals surface area contributed by atoms with Gasteiger partial charge in [0.2, 0.25) is 5.91 Å². The Labute approximate surface area is 123 Å². The average molecular weight is 329 g/mol. The van der Waals surface area contributed by atoms with Gasteiger partial charge in [-0.2, -0.15) is 0 Å². The highest BCUT2D eigenvalue weighted by Gasteiger charge is 2.13. The maximum absolute atomic E-state index is 11.8. The molecule has 19 heavy (non-hydrogen) atoms. The number of halogens is 1. The van der Waals surface area contributed by atoms with Crippen molar-refractivity contribution in [3.8, 4) is 0 Å². The lowest BCUT2D eigenvalue weighted by Gasteiger charge is -2.21. The summed E-state index contributed by atoms with van der Waals surface area (Å²) < 4.78 is 6.07. The Balaban J connectivity index is 2.42. The molecule has 1 atom stereocenters. The number of amides is 1. The largest absolute Gasteiger partial charge is 0.383 e. The van der Waals surface area contributed by atoms with Crippen molar-refractivity contribution < 1.29 is 9.53 Å². The van der Waals surface area contributed by atoms with Gasteiger partial charge in [-0.05, 0) is 24.1 Å². The van der Waals surface area contributed by atoms with E-state index in [1.54, 1.807) is 7.11 Å². The summed E-state index contributed by atoms with van der Waals surface area (Å²) in [6.07, 6.45) is 0. The van der Waals surface area contributed by atoms with Gasteiger partial charge in [0.05, 0.1) is 13.2 Å². The highest BCUT2D eigenvalue weighted by Crippen LogP contribution is 2.15. The van der Waals surface area contributed by atoms with Crippen LogP contribution in [0, 0.1) is 5.92 Å². The van der Waals surface area contributed by atoms with E-state index in [1.165, 1.54) is 0 Å². The normalized spacial score (nSPS) is 12.5. The van der Waals surface area contributed by atoms with Crippen molar-refractivity contribution >= 4 is 27.5 Å². The standard InChI is InChI=1S/C14H21BrN2O2/c1-10(2)13(9-19-3)16-8-14(18)17-12-6-4-5-11(15)7-12/h4-7,10,13,16H,8-9H2,1-3H3,(H,17,18). The number of hydrogen-bond acceptors (Lipinski definition) is 3. The zero-order valence-corrected chi connectivity index (χ0v) is 13.2. The smallest absolute Gasteiger partial charge is 0.238 e. The molecule has 0 fully saturated rings. The van der Waals surface area contributed by atoms with Crippen LogP contribution in [0.25, 0.3) is 0 Å². The first kappa shape index (κ1) is 16.1. The molecule has 0 saturated carbocycles. The van der Waals surface area contributed by atoms with Crippen molar-refractivity contribution in [3.63, 3.8) is 0 Å². The topological polar surface area (TPSA) is 50.4 Å². The van der Waals surface area contributed by atoms with Gasteiger partial charge in [0, 0.05) is 23.3 Å². The zero-order valence-electron chi connectivity index (χ0n) is 11.6. The Morgan fingerprint density at radius 2 is 2.16 bits per heavy atom. The molecule has 1 aromatic carbocycles. The van der Waals surface area contributed by atoms with Crippen LogP contribution in [-0.2, 0) is 9.53 Å². The molecule has 1 unspecified atom stereocenters. The summed E-state index contributed by atoms with van der Waals surface area (Å²) in [5.74, 6) is 0.360. The number of methoxy groups -OCH3 is 1. The fraction of sp³-hybridized carbons (Fsp3) is 0.500. The van der Waals surface area contributed by atoms with Gasteiger partial charge >= 0.3 is 0 Å². The Morgan fingerprint density at radius 1 is 1.42 bits per heavy atom. The van der Waals surface area contributed by atoms with E-state index >= 15 is 0 Å². The molecule has 1 rings (SSSR count). The van der Waals surface area contributed by atoms with Gasteiger partial charge in [0.25, 0.3) is 0 Å². The third-order valence-electron chi connectivity index (χ3n) is 2.78. The van der Waals surface area contributed by atoms with Crippen molar-refractivity contribution in [2.45, 2.75) is 19.9 Å². The van der Waals surface area contributed by atoms with Crippen molar-refractivity contribution in [1.82, 2.24) is 5.32 Å². The van der Waals surface area contributed by atoms with Crippen molar-refractivity contribution in [3.05, 3.63) is 28.7 Å². The summed E-state index contributed by atoms with van der Waals surface area (Å²) >= 11 is 3.37. The molecule has 0 aliphatic carbocycles. The van der Waals surface area contributed by atoms with Gasteiger partial charge in [0.1, 0.15) is 0 Å². The molecule has 0 aromatic heterocycles. The van der Waals surface area contributed by atoms with Gasteiger partial charge in [-0.3, -0.25) is 4.79 Å². The number of ether oxygens (including phenoxy) is 1. The fourth-order valence-electron chi connectivity index (χ4n) is 1.66. The van der Waals surface area contributed by atoms with Crippen LogP contribution in [0.2, 0.25) is 0 Å². The highest BCUT2D eigenvalue weighted by molar-refractivity contribution is 9.10. The molecule has 0 saturated heterocycles. The highest BCUT2D eigenvalue weighted by atomic mass is 79.9. The van der Waals surface area contributed by atoms with Gasteiger partial charge < -0.3 is 15.4 Å². The molecule has 5 heteroatoms. The van der Waals surface area contributed by atoms with Crippen LogP contribution in [0.15, 0.2) is 28.7 Å². The Bertz CT molecular complexity index is 410. The molecule has 0 radical (unpaired) electrons. The minimum Gasteiger partial charge on any atom is -0.383 e. The second kappa shape index (κ2) is 8.30. The van der Waals surface area contributed by atoms with Gasteiger partial charge in [-0.15, -0.1) is 0 Å². The van der Waals surface area contributed by atoms with Crippen LogP contribution in [0.3, 0.4) is 0 Å². The van der Waals surface area contributed by atoms with E-state index in [9.17, 15) is 4.79 Å². The molecule has 0 spiro atoms. The average Bonchev–Trinajstić information content (AvgIpc) is 2.34. The molecule has 0 heterocycles. The maximum Gasteiger partial charge on any atom is 0.238 e. The van der Waals surface area contributed by atoms with Crippen LogP contribution >= 0.6 is 15.9 Å². The van der Waals surface area contributed by atoms with Gasteiger partial charge in [0.15, 0.2) is 0 Å². The summed E-state index contributed by atoms with van der Waals surface area (Å²) in [6.45, 7) is 5.08. The molecular weight excluding hydrogens is 308 g/mol. The number of rotatable bonds is 7. The number of anilines is 1. The number of carbonyl (C=O) groups is 1. The number of carbonyl (C=O) groups excluding carboxylic acids is 1. The molecule has 0 aliphatic rings. The summed E-state index contributed by atoms with van der Waals surface area (Å²) in [4.78, 5) is 11.8. The van der Waals surface area contributed by atoms with Crippen LogP contribution in [0.4, 0.5) is 5.69 Å². The lowest BCUT2D eigenvalue weighted by atomic mass is 10.1. The number of hydrogen-bond donors (Lipinski definition) is 2. The second-order valence-electron chi connectivity index (χ2n) is 4.75. The van der Waals surface area contributed by atoms with E-state index in [-0.39, 0.29) is 18.5 Å². The van der Waals surface area contributed by atoms with E-state index in [0.29, 0.717) is 12.5 Å². The Morgan fingerprint density at radius 3 is 2.74 bits per heavy atom. The van der Waals surface area contributed by atoms with Crippen LogP contribution in [0.5, 0.6) is 0 Å². The van der Waals surface area contributed by atoms with Gasteiger partial charge in [-0.1, -0.05) is 35.8 Å². The summed E-state index contributed by atoms with van der Waals surface area (Å²) in [7, 11) is 1.67. The Kier molecular flexibility index (Phi) is 7.05. The lowest BCUT2D eigenvalue weighted by molar-refractivity contribution is -0.115. The van der Waals surface area contributed by atoms with E-state index < -0.39 is 0 Å². The van der Waals surface area contributed by atoms with E-state index in [0.717, 1.165) is 10.2 Å². The molecule has 106 valence electrons. The predicted molar refractivity (Wildman–Crippen MR) is 81.3 cm³/mol. The molecule has 1 aromatic rings. The van der Waals surface area contributed by atoms with Crippen molar-refractivity contribution in [2.24, 2.45) is 5.92 Å². The van der Waals surface area contributed by atoms with Crippen LogP contribution in [-0.4, -0.2) is 32.2 Å². The zero-order chi connectivity index (χ0) is 14.3. The monoisotopic (exact) mass is 328 g/mol. The molecule has 4 nitrogen and oxygen atoms in total. The second-order valence-corrected chi connectivity index (χ2v) is 5.66. The minimum absolute atomic E-state index is 0.0557. The SMILES string of the molecule is COCC(NCC(=O)Nc1cccc(Br)c1)C(C)C. The first-order valence-electron chi connectivity index (χ1n) is 6.30. The molecule has 0 bridgehead atoms. The Hall–Kier alpha value is -0.910. The first-order chi connectivity index (χ1) is 9.02. The van der Waals surface area contributed by atoms with Crippen LogP contribution < -0.4 is 10.6 Å². The third kappa shape index (κ3) is 6.18. The number of benzene rings is 1. The van der Waals surface area contributed by atoms with Crippen LogP contribution in [0.1, 0.15) is 13.8 Å². The van der Waals surface area contributed by atoms with E-state index in [1.807, 2.05) is 24.3 Å². The number of nitrogens with one attached hydrogen (secondary N) is 2. The predicted octanol–water partition coefficient (Wildman–Crippen LogP) is 2.65. The quantitative estimate of drug-likeness (QED) is 0.809. The van der Waals surface area contributed by atoms with E-state index in [2.05, 4.69) is 40.4 Å². The summed E-state index contributed by atoms with van der Waals surface area (Å²) in [5.41, 5.74) is 0.786. The summed E-state index contributed by atoms with van der Waals surface area (Å²) in [6, 6.07) is 7.71. The third-order valence-corrected chi connectivity index (χ3v) is 3.28. The fourth-order valence-corrected chi connectivity index (χ4v) is 2.06. The lowest BCUT2D eigenvalue weighted by Crippen LogP contribution is -2.42. The summed E-state index contributed by atoms with van der Waals surface area (Å²) in [5, 5.41) is 6.05. The van der Waals surface area contributed by atoms with Gasteiger partial charge in [-0.25, -0.2) is 0 Å². The molecule has 0 aliphatic heterocycles. The van der Waals surface area contributed by atoms with Crippen molar-refractivity contribution in [1.29, 1.82) is 0 Å². The maximum atomic E-state index is 11.8. The van der Waals surface area contributed by atoms with Crippen molar-refractivity contribution in [2.75, 3.05) is 25.6 Å².